The molecule has 2 N–H and O–H groups in total. The monoisotopic (exact) mass is 394 g/mol. The van der Waals surface area contributed by atoms with E-state index < -0.39 is 0 Å². The minimum atomic E-state index is 0. The Kier molecular flexibility index (Phi) is 4.70. The molecule has 7 nitrogen and oxygen atoms in total. The molecular weight excluding hydrogens is 376 g/mol. The number of aromatic hydroxyl groups is 1. The van der Waals surface area contributed by atoms with Gasteiger partial charge >= 0.3 is 0 Å². The van der Waals surface area contributed by atoms with Crippen LogP contribution in [0.15, 0.2) is 48.8 Å². The van der Waals surface area contributed by atoms with Gasteiger partial charge in [0.2, 0.25) is 0 Å². The van der Waals surface area contributed by atoms with Crippen LogP contribution < -0.4 is 5.32 Å². The number of aryl methyl sites for hydroxylation is 1. The zero-order valence-corrected chi connectivity index (χ0v) is 16.0. The topological polar surface area (TPSA) is 88.8 Å². The molecule has 0 saturated carbocycles. The van der Waals surface area contributed by atoms with E-state index in [1.165, 1.54) is 0 Å². The Labute approximate surface area is 167 Å². The Morgan fingerprint density at radius 3 is 2.61 bits per heavy atom. The number of hydrogen-bond donors (Lipinski definition) is 2. The normalized spacial score (nSPS) is 13.9. The molecule has 0 amide bonds. The highest BCUT2D eigenvalue weighted by Gasteiger charge is 2.20. The van der Waals surface area contributed by atoms with Crippen molar-refractivity contribution in [2.24, 2.45) is 7.05 Å². The Bertz CT molecular complexity index is 1140. The van der Waals surface area contributed by atoms with Crippen LogP contribution in [0.4, 0.5) is 0 Å². The number of fused-ring (bicyclic) bond motifs is 1. The number of nitrogens with one attached hydrogen (secondary N) is 1. The third kappa shape index (κ3) is 3.19. The first-order valence-electron chi connectivity index (χ1n) is 8.85. The van der Waals surface area contributed by atoms with Gasteiger partial charge in [0.05, 0.1) is 23.3 Å². The van der Waals surface area contributed by atoms with E-state index in [0.29, 0.717) is 17.2 Å². The van der Waals surface area contributed by atoms with Gasteiger partial charge in [-0.05, 0) is 30.3 Å². The molecule has 8 heteroatoms. The minimum Gasteiger partial charge on any atom is -0.507 e. The molecule has 1 fully saturated rings. The Hall–Kier alpha value is -3.03. The maximum absolute atomic E-state index is 10.5. The van der Waals surface area contributed by atoms with Crippen molar-refractivity contribution in [2.75, 3.05) is 13.1 Å². The van der Waals surface area contributed by atoms with Crippen LogP contribution in [0.25, 0.3) is 33.4 Å². The smallest absolute Gasteiger partial charge is 0.125 e. The number of phenols is 1. The summed E-state index contributed by atoms with van der Waals surface area (Å²) in [6.45, 7) is 1.89. The molecule has 1 aliphatic heterocycles. The van der Waals surface area contributed by atoms with Crippen molar-refractivity contribution < 1.29 is 5.11 Å². The predicted molar refractivity (Wildman–Crippen MR) is 109 cm³/mol. The number of phenolic OH excluding ortho intramolecular Hbond substituents is 1. The van der Waals surface area contributed by atoms with Gasteiger partial charge in [-0.1, -0.05) is 6.07 Å². The highest BCUT2D eigenvalue weighted by Crippen LogP contribution is 2.32. The van der Waals surface area contributed by atoms with Crippen LogP contribution in [-0.4, -0.2) is 43.2 Å². The summed E-state index contributed by atoms with van der Waals surface area (Å²) >= 11 is 0. The van der Waals surface area contributed by atoms with Gasteiger partial charge in [-0.2, -0.15) is 15.3 Å². The van der Waals surface area contributed by atoms with Crippen molar-refractivity contribution in [3.05, 3.63) is 54.5 Å². The standard InChI is InChI=1S/C20H18N6O.ClH/c1-26-11-13-6-18(22-10-19(13)25-26)12-2-3-15(20(27)7-12)17-5-4-16(23-24-17)14-8-21-9-14;/h2-7,10-11,14,21,27H,8-9H2,1H3;1H. The van der Waals surface area contributed by atoms with Gasteiger partial charge in [0.1, 0.15) is 11.3 Å². The molecule has 28 heavy (non-hydrogen) atoms. The molecule has 0 aliphatic carbocycles. The zero-order valence-electron chi connectivity index (χ0n) is 15.2. The summed E-state index contributed by atoms with van der Waals surface area (Å²) in [6.07, 6.45) is 3.69. The quantitative estimate of drug-likeness (QED) is 0.555. The molecule has 1 saturated heterocycles. The Balaban J connectivity index is 0.00000192. The number of benzene rings is 1. The van der Waals surface area contributed by atoms with Crippen molar-refractivity contribution in [3.8, 4) is 28.3 Å². The average molecular weight is 395 g/mol. The molecule has 1 aromatic carbocycles. The van der Waals surface area contributed by atoms with Gasteiger partial charge in [0.15, 0.2) is 0 Å². The summed E-state index contributed by atoms with van der Waals surface area (Å²) in [5.74, 6) is 0.601. The molecule has 0 radical (unpaired) electrons. The lowest BCUT2D eigenvalue weighted by molar-refractivity contribution is 0.436. The van der Waals surface area contributed by atoms with E-state index in [9.17, 15) is 5.11 Å². The number of rotatable bonds is 3. The second kappa shape index (κ2) is 7.18. The van der Waals surface area contributed by atoms with Gasteiger partial charge in [-0.15, -0.1) is 12.4 Å². The molecule has 0 spiro atoms. The lowest BCUT2D eigenvalue weighted by Crippen LogP contribution is -2.40. The molecule has 1 aliphatic rings. The average Bonchev–Trinajstić information content (AvgIpc) is 3.00. The number of hydrogen-bond acceptors (Lipinski definition) is 6. The predicted octanol–water partition coefficient (Wildman–Crippen LogP) is 2.91. The summed E-state index contributed by atoms with van der Waals surface area (Å²) in [5.41, 5.74) is 4.78. The lowest BCUT2D eigenvalue weighted by atomic mass is 9.98. The van der Waals surface area contributed by atoms with Gasteiger partial charge in [-0.25, -0.2) is 0 Å². The fraction of sp³-hybridized carbons (Fsp3) is 0.200. The highest BCUT2D eigenvalue weighted by atomic mass is 35.5. The maximum Gasteiger partial charge on any atom is 0.125 e. The Morgan fingerprint density at radius 2 is 1.93 bits per heavy atom. The first kappa shape index (κ1) is 18.3. The van der Waals surface area contributed by atoms with Crippen LogP contribution in [-0.2, 0) is 7.05 Å². The van der Waals surface area contributed by atoms with E-state index in [1.54, 1.807) is 16.9 Å². The van der Waals surface area contributed by atoms with E-state index in [4.69, 9.17) is 0 Å². The highest BCUT2D eigenvalue weighted by molar-refractivity contribution is 5.85. The lowest BCUT2D eigenvalue weighted by Gasteiger charge is -2.25. The fourth-order valence-corrected chi connectivity index (χ4v) is 3.32. The Morgan fingerprint density at radius 1 is 1.07 bits per heavy atom. The molecule has 5 rings (SSSR count). The fourth-order valence-electron chi connectivity index (χ4n) is 3.32. The largest absolute Gasteiger partial charge is 0.507 e. The minimum absolute atomic E-state index is 0. The molecule has 4 heterocycles. The molecule has 0 bridgehead atoms. The first-order chi connectivity index (χ1) is 13.2. The second-order valence-corrected chi connectivity index (χ2v) is 6.86. The van der Waals surface area contributed by atoms with E-state index in [0.717, 1.165) is 40.9 Å². The summed E-state index contributed by atoms with van der Waals surface area (Å²) in [4.78, 5) is 4.46. The third-order valence-electron chi connectivity index (χ3n) is 4.96. The van der Waals surface area contributed by atoms with E-state index in [-0.39, 0.29) is 18.2 Å². The van der Waals surface area contributed by atoms with Gasteiger partial charge in [-0.3, -0.25) is 9.67 Å². The van der Waals surface area contributed by atoms with Crippen LogP contribution >= 0.6 is 12.4 Å². The van der Waals surface area contributed by atoms with Crippen LogP contribution in [0.5, 0.6) is 5.75 Å². The molecule has 142 valence electrons. The number of pyridine rings is 1. The van der Waals surface area contributed by atoms with Crippen molar-refractivity contribution in [2.45, 2.75) is 5.92 Å². The molecule has 0 atom stereocenters. The van der Waals surface area contributed by atoms with Crippen molar-refractivity contribution in [1.29, 1.82) is 0 Å². The zero-order chi connectivity index (χ0) is 18.4. The van der Waals surface area contributed by atoms with Crippen molar-refractivity contribution in [1.82, 2.24) is 30.3 Å². The SMILES string of the molecule is Cl.Cn1cc2cc(-c3ccc(-c4ccc(C5CNC5)nn4)c(O)c3)ncc2n1. The number of halogens is 1. The number of aromatic nitrogens is 5. The van der Waals surface area contributed by atoms with E-state index in [2.05, 4.69) is 25.6 Å². The van der Waals surface area contributed by atoms with Crippen molar-refractivity contribution >= 4 is 23.3 Å². The molecular formula is C20H19ClN6O. The van der Waals surface area contributed by atoms with Gasteiger partial charge in [0, 0.05) is 48.8 Å². The van der Waals surface area contributed by atoms with E-state index in [1.807, 2.05) is 43.6 Å². The molecule has 3 aromatic heterocycles. The number of nitrogens with zero attached hydrogens (tertiary/aromatic N) is 5. The first-order valence-corrected chi connectivity index (χ1v) is 8.85. The van der Waals surface area contributed by atoms with Crippen molar-refractivity contribution in [3.63, 3.8) is 0 Å². The van der Waals surface area contributed by atoms with Gasteiger partial charge in [0.25, 0.3) is 0 Å². The summed E-state index contributed by atoms with van der Waals surface area (Å²) in [6, 6.07) is 11.4. The summed E-state index contributed by atoms with van der Waals surface area (Å²) in [5, 5.41) is 27.7. The molecule has 0 unspecified atom stereocenters. The third-order valence-corrected chi connectivity index (χ3v) is 4.96. The molecule has 4 aromatic rings. The van der Waals surface area contributed by atoms with Gasteiger partial charge < -0.3 is 10.4 Å². The summed E-state index contributed by atoms with van der Waals surface area (Å²) < 4.78 is 1.76. The van der Waals surface area contributed by atoms with Crippen LogP contribution in [0.3, 0.4) is 0 Å². The van der Waals surface area contributed by atoms with Crippen LogP contribution in [0.1, 0.15) is 11.6 Å². The van der Waals surface area contributed by atoms with E-state index >= 15 is 0 Å². The summed E-state index contributed by atoms with van der Waals surface area (Å²) in [7, 11) is 1.88. The van der Waals surface area contributed by atoms with Crippen LogP contribution in [0, 0.1) is 0 Å². The van der Waals surface area contributed by atoms with Crippen LogP contribution in [0.2, 0.25) is 0 Å². The second-order valence-electron chi connectivity index (χ2n) is 6.86. The maximum atomic E-state index is 10.5.